The molecule has 1 N–H and O–H groups in total. The van der Waals surface area contributed by atoms with Gasteiger partial charge in [0.2, 0.25) is 0 Å². The van der Waals surface area contributed by atoms with Gasteiger partial charge in [0.25, 0.3) is 0 Å². The van der Waals surface area contributed by atoms with Crippen molar-refractivity contribution in [2.24, 2.45) is 5.92 Å². The van der Waals surface area contributed by atoms with Gasteiger partial charge in [0.1, 0.15) is 0 Å². The fraction of sp³-hybridized carbons (Fsp3) is 1.00. The molecular formula is C11H23NO2. The summed E-state index contributed by atoms with van der Waals surface area (Å²) in [6.07, 6.45) is 1.40. The molecule has 1 aliphatic rings. The van der Waals surface area contributed by atoms with E-state index in [-0.39, 0.29) is 6.10 Å². The van der Waals surface area contributed by atoms with Crippen LogP contribution in [-0.2, 0) is 9.47 Å². The fourth-order valence-corrected chi connectivity index (χ4v) is 1.82. The molecule has 1 fully saturated rings. The van der Waals surface area contributed by atoms with E-state index in [2.05, 4.69) is 26.1 Å². The Bertz CT molecular complexity index is 144. The summed E-state index contributed by atoms with van der Waals surface area (Å²) in [5.41, 5.74) is 0. The highest BCUT2D eigenvalue weighted by Crippen LogP contribution is 2.13. The molecule has 2 atom stereocenters. The molecule has 3 heteroatoms. The molecule has 0 aromatic rings. The molecule has 0 spiro atoms. The van der Waals surface area contributed by atoms with E-state index in [1.54, 1.807) is 0 Å². The first-order chi connectivity index (χ1) is 6.75. The van der Waals surface area contributed by atoms with Crippen LogP contribution < -0.4 is 5.32 Å². The summed E-state index contributed by atoms with van der Waals surface area (Å²) in [6.45, 7) is 9.91. The third-order valence-corrected chi connectivity index (χ3v) is 2.59. The molecule has 0 aromatic heterocycles. The van der Waals surface area contributed by atoms with Crippen molar-refractivity contribution in [2.75, 3.05) is 26.4 Å². The molecule has 1 aliphatic heterocycles. The summed E-state index contributed by atoms with van der Waals surface area (Å²) in [6, 6.07) is 0.426. The van der Waals surface area contributed by atoms with Crippen LogP contribution in [-0.4, -0.2) is 38.5 Å². The second-order valence-electron chi connectivity index (χ2n) is 4.21. The van der Waals surface area contributed by atoms with Crippen LogP contribution in [0.2, 0.25) is 0 Å². The normalized spacial score (nSPS) is 25.3. The maximum Gasteiger partial charge on any atom is 0.0964 e. The van der Waals surface area contributed by atoms with Crippen LogP contribution in [0.3, 0.4) is 0 Å². The first-order valence-electron chi connectivity index (χ1n) is 5.68. The number of ether oxygens (including phenoxy) is 2. The van der Waals surface area contributed by atoms with Crippen LogP contribution in [0.1, 0.15) is 27.2 Å². The van der Waals surface area contributed by atoms with E-state index < -0.39 is 0 Å². The predicted molar refractivity (Wildman–Crippen MR) is 57.5 cm³/mol. The monoisotopic (exact) mass is 201 g/mol. The van der Waals surface area contributed by atoms with Crippen molar-refractivity contribution in [1.82, 2.24) is 5.32 Å². The predicted octanol–water partition coefficient (Wildman–Crippen LogP) is 1.43. The van der Waals surface area contributed by atoms with E-state index in [9.17, 15) is 0 Å². The standard InChI is InChI=1S/C11H23NO2/c1-4-5-12-11(9(2)3)10-8-13-6-7-14-10/h9-12H,4-8H2,1-3H3. The van der Waals surface area contributed by atoms with E-state index >= 15 is 0 Å². The van der Waals surface area contributed by atoms with Crippen LogP contribution >= 0.6 is 0 Å². The van der Waals surface area contributed by atoms with Crippen LogP contribution in [0, 0.1) is 5.92 Å². The van der Waals surface area contributed by atoms with Crippen molar-refractivity contribution in [2.45, 2.75) is 39.3 Å². The summed E-state index contributed by atoms with van der Waals surface area (Å²) >= 11 is 0. The minimum absolute atomic E-state index is 0.232. The van der Waals surface area contributed by atoms with Gasteiger partial charge < -0.3 is 14.8 Å². The van der Waals surface area contributed by atoms with Crippen molar-refractivity contribution >= 4 is 0 Å². The number of rotatable bonds is 5. The van der Waals surface area contributed by atoms with E-state index in [0.717, 1.165) is 32.8 Å². The molecule has 2 unspecified atom stereocenters. The lowest BCUT2D eigenvalue weighted by Gasteiger charge is -2.33. The number of hydrogen-bond donors (Lipinski definition) is 1. The number of hydrogen-bond acceptors (Lipinski definition) is 3. The second kappa shape index (κ2) is 6.38. The maximum atomic E-state index is 5.71. The topological polar surface area (TPSA) is 30.5 Å². The molecule has 1 rings (SSSR count). The van der Waals surface area contributed by atoms with Gasteiger partial charge in [-0.05, 0) is 18.9 Å². The van der Waals surface area contributed by atoms with Gasteiger partial charge in [-0.2, -0.15) is 0 Å². The first kappa shape index (κ1) is 12.0. The Morgan fingerprint density at radius 2 is 2.14 bits per heavy atom. The lowest BCUT2D eigenvalue weighted by Crippen LogP contribution is -2.49. The van der Waals surface area contributed by atoms with Gasteiger partial charge in [-0.15, -0.1) is 0 Å². The van der Waals surface area contributed by atoms with Gasteiger partial charge >= 0.3 is 0 Å². The van der Waals surface area contributed by atoms with Crippen LogP contribution in [0.5, 0.6) is 0 Å². The molecule has 0 bridgehead atoms. The average Bonchev–Trinajstić information content (AvgIpc) is 2.19. The Labute approximate surface area is 87.2 Å². The second-order valence-corrected chi connectivity index (χ2v) is 4.21. The minimum Gasteiger partial charge on any atom is -0.376 e. The van der Waals surface area contributed by atoms with E-state index in [1.807, 2.05) is 0 Å². The van der Waals surface area contributed by atoms with Crippen molar-refractivity contribution in [3.05, 3.63) is 0 Å². The highest BCUT2D eigenvalue weighted by Gasteiger charge is 2.26. The molecule has 0 aromatic carbocycles. The van der Waals surface area contributed by atoms with E-state index in [0.29, 0.717) is 12.0 Å². The van der Waals surface area contributed by atoms with Crippen LogP contribution in [0.4, 0.5) is 0 Å². The van der Waals surface area contributed by atoms with E-state index in [4.69, 9.17) is 9.47 Å². The molecule has 0 amide bonds. The SMILES string of the molecule is CCCNC(C(C)C)C1COCCO1. The fourth-order valence-electron chi connectivity index (χ4n) is 1.82. The summed E-state index contributed by atoms with van der Waals surface area (Å²) < 4.78 is 11.1. The van der Waals surface area contributed by atoms with E-state index in [1.165, 1.54) is 0 Å². The smallest absolute Gasteiger partial charge is 0.0964 e. The zero-order valence-electron chi connectivity index (χ0n) is 9.58. The Balaban J connectivity index is 2.39. The zero-order valence-corrected chi connectivity index (χ0v) is 9.58. The highest BCUT2D eigenvalue weighted by atomic mass is 16.6. The van der Waals surface area contributed by atoms with Gasteiger partial charge in [0.05, 0.1) is 25.9 Å². The lowest BCUT2D eigenvalue weighted by molar-refractivity contribution is -0.107. The quantitative estimate of drug-likeness (QED) is 0.730. The van der Waals surface area contributed by atoms with Crippen LogP contribution in [0.25, 0.3) is 0 Å². The molecule has 1 saturated heterocycles. The Hall–Kier alpha value is -0.120. The van der Waals surface area contributed by atoms with Gasteiger partial charge in [-0.1, -0.05) is 20.8 Å². The highest BCUT2D eigenvalue weighted by molar-refractivity contribution is 4.81. The first-order valence-corrected chi connectivity index (χ1v) is 5.68. The lowest BCUT2D eigenvalue weighted by atomic mass is 9.98. The van der Waals surface area contributed by atoms with Crippen molar-refractivity contribution in [3.63, 3.8) is 0 Å². The van der Waals surface area contributed by atoms with Crippen molar-refractivity contribution < 1.29 is 9.47 Å². The van der Waals surface area contributed by atoms with Crippen molar-refractivity contribution in [3.8, 4) is 0 Å². The summed E-state index contributed by atoms with van der Waals surface area (Å²) in [7, 11) is 0. The van der Waals surface area contributed by atoms with Gasteiger partial charge in [0, 0.05) is 6.04 Å². The Morgan fingerprint density at radius 3 is 2.64 bits per heavy atom. The third-order valence-electron chi connectivity index (χ3n) is 2.59. The molecule has 3 nitrogen and oxygen atoms in total. The Kier molecular flexibility index (Phi) is 5.45. The van der Waals surface area contributed by atoms with Gasteiger partial charge in [0.15, 0.2) is 0 Å². The molecule has 0 saturated carbocycles. The Morgan fingerprint density at radius 1 is 1.36 bits per heavy atom. The van der Waals surface area contributed by atoms with Crippen LogP contribution in [0.15, 0.2) is 0 Å². The summed E-state index contributed by atoms with van der Waals surface area (Å²) in [5.74, 6) is 0.591. The molecule has 14 heavy (non-hydrogen) atoms. The molecular weight excluding hydrogens is 178 g/mol. The molecule has 1 heterocycles. The van der Waals surface area contributed by atoms with Gasteiger partial charge in [-0.25, -0.2) is 0 Å². The molecule has 0 aliphatic carbocycles. The molecule has 84 valence electrons. The third kappa shape index (κ3) is 3.56. The average molecular weight is 201 g/mol. The largest absolute Gasteiger partial charge is 0.376 e. The zero-order chi connectivity index (χ0) is 10.4. The number of nitrogens with one attached hydrogen (secondary N) is 1. The van der Waals surface area contributed by atoms with Gasteiger partial charge in [-0.3, -0.25) is 0 Å². The summed E-state index contributed by atoms with van der Waals surface area (Å²) in [5, 5.41) is 3.53. The molecule has 0 radical (unpaired) electrons. The maximum absolute atomic E-state index is 5.71. The summed E-state index contributed by atoms with van der Waals surface area (Å²) in [4.78, 5) is 0. The van der Waals surface area contributed by atoms with Crippen molar-refractivity contribution in [1.29, 1.82) is 0 Å². The minimum atomic E-state index is 0.232.